The molecule has 0 aromatic carbocycles. The van der Waals surface area contributed by atoms with Crippen molar-refractivity contribution in [3.8, 4) is 0 Å². The Balaban J connectivity index is 1.45. The van der Waals surface area contributed by atoms with Crippen molar-refractivity contribution >= 4 is 11.9 Å². The molecule has 6 nitrogen and oxygen atoms in total. The highest BCUT2D eigenvalue weighted by molar-refractivity contribution is 5.81. The van der Waals surface area contributed by atoms with Gasteiger partial charge in [-0.05, 0) is 37.8 Å². The van der Waals surface area contributed by atoms with Crippen LogP contribution in [0.5, 0.6) is 0 Å². The molecule has 2 aliphatic heterocycles. The van der Waals surface area contributed by atoms with Gasteiger partial charge in [-0.25, -0.2) is 4.79 Å². The molecule has 1 atom stereocenters. The van der Waals surface area contributed by atoms with Gasteiger partial charge in [-0.15, -0.1) is 0 Å². The average molecular weight is 330 g/mol. The third kappa shape index (κ3) is 4.24. The van der Waals surface area contributed by atoms with E-state index in [-0.39, 0.29) is 17.9 Å². The monoisotopic (exact) mass is 330 g/mol. The lowest BCUT2D eigenvalue weighted by Crippen LogP contribution is -2.49. The Morgan fingerprint density at radius 3 is 2.67 bits per heavy atom. The van der Waals surface area contributed by atoms with Crippen molar-refractivity contribution in [3.63, 3.8) is 0 Å². The Morgan fingerprint density at radius 1 is 1.12 bits per heavy atom. The van der Waals surface area contributed by atoms with Gasteiger partial charge in [0.2, 0.25) is 5.91 Å². The van der Waals surface area contributed by atoms with Gasteiger partial charge < -0.3 is 15.1 Å². The summed E-state index contributed by atoms with van der Waals surface area (Å²) in [5, 5.41) is 3.00. The molecule has 3 amide bonds. The quantitative estimate of drug-likeness (QED) is 0.913. The average Bonchev–Trinajstić information content (AvgIpc) is 3.16. The molecule has 0 unspecified atom stereocenters. The number of urea groups is 1. The summed E-state index contributed by atoms with van der Waals surface area (Å²) in [6, 6.07) is 5.91. The highest BCUT2D eigenvalue weighted by atomic mass is 16.2. The maximum absolute atomic E-state index is 12.5. The number of carbonyl (C=O) groups is 2. The number of nitrogens with one attached hydrogen (secondary N) is 1. The largest absolute Gasteiger partial charge is 0.355 e. The molecule has 3 rings (SSSR count). The first kappa shape index (κ1) is 16.7. The molecule has 0 bridgehead atoms. The van der Waals surface area contributed by atoms with Gasteiger partial charge >= 0.3 is 6.03 Å². The maximum Gasteiger partial charge on any atom is 0.320 e. The van der Waals surface area contributed by atoms with E-state index in [1.54, 1.807) is 6.20 Å². The summed E-state index contributed by atoms with van der Waals surface area (Å²) in [5.41, 5.74) is 0.979. The molecule has 1 aromatic rings. The summed E-state index contributed by atoms with van der Waals surface area (Å²) in [6.45, 7) is 3.62. The molecular formula is C18H26N4O2. The zero-order chi connectivity index (χ0) is 16.8. The van der Waals surface area contributed by atoms with Crippen LogP contribution in [0.1, 0.15) is 31.4 Å². The Morgan fingerprint density at radius 2 is 1.92 bits per heavy atom. The number of hydrogen-bond donors (Lipinski definition) is 1. The molecule has 6 heteroatoms. The molecule has 130 valence electrons. The van der Waals surface area contributed by atoms with E-state index < -0.39 is 0 Å². The summed E-state index contributed by atoms with van der Waals surface area (Å²) in [5.74, 6) is -0.0288. The minimum atomic E-state index is -0.0889. The number of rotatable bonds is 4. The van der Waals surface area contributed by atoms with E-state index in [1.165, 1.54) is 0 Å². The van der Waals surface area contributed by atoms with Gasteiger partial charge in [0.05, 0.1) is 5.92 Å². The second-order valence-corrected chi connectivity index (χ2v) is 6.62. The lowest BCUT2D eigenvalue weighted by molar-refractivity contribution is -0.126. The van der Waals surface area contributed by atoms with Crippen molar-refractivity contribution in [1.82, 2.24) is 20.1 Å². The second kappa shape index (κ2) is 8.13. The predicted octanol–water partition coefficient (Wildman–Crippen LogP) is 1.67. The van der Waals surface area contributed by atoms with Crippen molar-refractivity contribution in [2.24, 2.45) is 5.92 Å². The van der Waals surface area contributed by atoms with Crippen LogP contribution in [-0.4, -0.2) is 59.4 Å². The third-order valence-electron chi connectivity index (χ3n) is 4.85. The molecule has 0 saturated carbocycles. The number of piperidine rings is 1. The van der Waals surface area contributed by atoms with Crippen molar-refractivity contribution in [2.75, 3.05) is 32.7 Å². The SMILES string of the molecule is O=C(NCCc1ccccn1)[C@H]1CCCN(C(=O)N2CCCC2)C1. The standard InChI is InChI=1S/C18H26N4O2/c23-17(20-10-8-16-7-1-2-9-19-16)15-6-5-13-22(14-15)18(24)21-11-3-4-12-21/h1-2,7,9,15H,3-6,8,10-14H2,(H,20,23)/t15-/m0/s1. The van der Waals surface area contributed by atoms with Gasteiger partial charge in [0.25, 0.3) is 0 Å². The molecule has 0 radical (unpaired) electrons. The second-order valence-electron chi connectivity index (χ2n) is 6.62. The third-order valence-corrected chi connectivity index (χ3v) is 4.85. The Bertz CT molecular complexity index is 557. The number of hydrogen-bond acceptors (Lipinski definition) is 3. The molecule has 2 saturated heterocycles. The fourth-order valence-corrected chi connectivity index (χ4v) is 3.48. The smallest absolute Gasteiger partial charge is 0.320 e. The molecular weight excluding hydrogens is 304 g/mol. The summed E-state index contributed by atoms with van der Waals surface area (Å²) in [4.78, 5) is 32.9. The summed E-state index contributed by atoms with van der Waals surface area (Å²) >= 11 is 0. The minimum Gasteiger partial charge on any atom is -0.355 e. The van der Waals surface area contributed by atoms with Crippen LogP contribution in [0.15, 0.2) is 24.4 Å². The molecule has 2 aliphatic rings. The summed E-state index contributed by atoms with van der Waals surface area (Å²) in [7, 11) is 0. The zero-order valence-corrected chi connectivity index (χ0v) is 14.1. The molecule has 0 spiro atoms. The normalized spacial score (nSPS) is 20.9. The molecule has 1 aromatic heterocycles. The Labute approximate surface area is 143 Å². The van der Waals surface area contributed by atoms with Gasteiger partial charge in [0, 0.05) is 51.0 Å². The van der Waals surface area contributed by atoms with E-state index in [0.29, 0.717) is 13.1 Å². The van der Waals surface area contributed by atoms with E-state index in [2.05, 4.69) is 10.3 Å². The fourth-order valence-electron chi connectivity index (χ4n) is 3.48. The number of pyridine rings is 1. The van der Waals surface area contributed by atoms with Gasteiger partial charge in [0.15, 0.2) is 0 Å². The Hall–Kier alpha value is -2.11. The van der Waals surface area contributed by atoms with Crippen LogP contribution in [0.2, 0.25) is 0 Å². The van der Waals surface area contributed by atoms with Crippen molar-refractivity contribution < 1.29 is 9.59 Å². The Kier molecular flexibility index (Phi) is 5.67. The molecule has 1 N–H and O–H groups in total. The first-order valence-electron chi connectivity index (χ1n) is 8.95. The van der Waals surface area contributed by atoms with Crippen molar-refractivity contribution in [3.05, 3.63) is 30.1 Å². The van der Waals surface area contributed by atoms with Crippen LogP contribution in [0.25, 0.3) is 0 Å². The molecule has 0 aliphatic carbocycles. The van der Waals surface area contributed by atoms with E-state index >= 15 is 0 Å². The zero-order valence-electron chi connectivity index (χ0n) is 14.1. The highest BCUT2D eigenvalue weighted by Crippen LogP contribution is 2.19. The van der Waals surface area contributed by atoms with Crippen LogP contribution < -0.4 is 5.32 Å². The van der Waals surface area contributed by atoms with E-state index in [9.17, 15) is 9.59 Å². The molecule has 24 heavy (non-hydrogen) atoms. The number of amides is 3. The number of nitrogens with zero attached hydrogens (tertiary/aromatic N) is 3. The van der Waals surface area contributed by atoms with Crippen LogP contribution in [0, 0.1) is 5.92 Å². The van der Waals surface area contributed by atoms with Crippen molar-refractivity contribution in [1.29, 1.82) is 0 Å². The number of likely N-dealkylation sites (tertiary alicyclic amines) is 2. The molecule has 3 heterocycles. The van der Waals surface area contributed by atoms with Crippen LogP contribution >= 0.6 is 0 Å². The molecule has 2 fully saturated rings. The first-order chi connectivity index (χ1) is 11.7. The summed E-state index contributed by atoms with van der Waals surface area (Å²) < 4.78 is 0. The lowest BCUT2D eigenvalue weighted by atomic mass is 9.97. The van der Waals surface area contributed by atoms with E-state index in [4.69, 9.17) is 0 Å². The van der Waals surface area contributed by atoms with Gasteiger partial charge in [-0.2, -0.15) is 0 Å². The van der Waals surface area contributed by atoms with Crippen molar-refractivity contribution in [2.45, 2.75) is 32.1 Å². The van der Waals surface area contributed by atoms with Crippen LogP contribution in [-0.2, 0) is 11.2 Å². The number of carbonyl (C=O) groups excluding carboxylic acids is 2. The first-order valence-corrected chi connectivity index (χ1v) is 8.95. The lowest BCUT2D eigenvalue weighted by Gasteiger charge is -2.34. The van der Waals surface area contributed by atoms with Crippen LogP contribution in [0.4, 0.5) is 4.79 Å². The van der Waals surface area contributed by atoms with Gasteiger partial charge in [-0.1, -0.05) is 6.07 Å². The predicted molar refractivity (Wildman–Crippen MR) is 91.5 cm³/mol. The minimum absolute atomic E-state index is 0.0600. The van der Waals surface area contributed by atoms with Gasteiger partial charge in [-0.3, -0.25) is 9.78 Å². The van der Waals surface area contributed by atoms with Crippen LogP contribution in [0.3, 0.4) is 0 Å². The topological polar surface area (TPSA) is 65.5 Å². The summed E-state index contributed by atoms with van der Waals surface area (Å²) in [6.07, 6.45) is 6.45. The highest BCUT2D eigenvalue weighted by Gasteiger charge is 2.31. The fraction of sp³-hybridized carbons (Fsp3) is 0.611. The van der Waals surface area contributed by atoms with Gasteiger partial charge in [0.1, 0.15) is 0 Å². The maximum atomic E-state index is 12.5. The number of aromatic nitrogens is 1. The van der Waals surface area contributed by atoms with E-state index in [0.717, 1.165) is 57.4 Å². The van der Waals surface area contributed by atoms with E-state index in [1.807, 2.05) is 28.0 Å².